The maximum Gasteiger partial charge on any atom is 0.275 e. The summed E-state index contributed by atoms with van der Waals surface area (Å²) >= 11 is 2.95. The highest BCUT2D eigenvalue weighted by Crippen LogP contribution is 2.31. The number of fused-ring (bicyclic) bond motifs is 1. The number of amides is 2. The highest BCUT2D eigenvalue weighted by Gasteiger charge is 2.17. The quantitative estimate of drug-likeness (QED) is 0.485. The van der Waals surface area contributed by atoms with Gasteiger partial charge in [-0.2, -0.15) is 0 Å². The number of benzene rings is 1. The van der Waals surface area contributed by atoms with E-state index in [0.717, 1.165) is 27.6 Å². The second kappa shape index (κ2) is 10.9. The summed E-state index contributed by atoms with van der Waals surface area (Å²) in [7, 11) is 0. The van der Waals surface area contributed by atoms with Gasteiger partial charge in [-0.25, -0.2) is 9.97 Å². The number of hydrogen-bond donors (Lipinski definition) is 1. The molecule has 0 saturated carbocycles. The van der Waals surface area contributed by atoms with Gasteiger partial charge in [-0.3, -0.25) is 14.6 Å². The predicted octanol–water partition coefficient (Wildman–Crippen LogP) is 3.14. The van der Waals surface area contributed by atoms with Gasteiger partial charge in [0.2, 0.25) is 5.91 Å². The number of morpholine rings is 1. The number of thioether (sulfide) groups is 1. The molecule has 3 heterocycles. The fourth-order valence-electron chi connectivity index (χ4n) is 3.44. The number of rotatable bonds is 8. The smallest absolute Gasteiger partial charge is 0.275 e. The molecule has 2 aromatic heterocycles. The summed E-state index contributed by atoms with van der Waals surface area (Å²) in [6, 6.07) is 5.57. The number of nitrogens with one attached hydrogen (secondary N) is 1. The summed E-state index contributed by atoms with van der Waals surface area (Å²) in [5.41, 5.74) is 1.75. The molecule has 1 aliphatic heterocycles. The van der Waals surface area contributed by atoms with Crippen molar-refractivity contribution in [2.75, 3.05) is 55.4 Å². The van der Waals surface area contributed by atoms with Crippen LogP contribution in [0.25, 0.3) is 10.2 Å². The molecule has 3 aromatic rings. The third kappa shape index (κ3) is 5.79. The molecule has 9 nitrogen and oxygen atoms in total. The monoisotopic (exact) mass is 486 g/mol. The number of aromatic nitrogens is 3. The van der Waals surface area contributed by atoms with E-state index in [-0.39, 0.29) is 17.5 Å². The van der Waals surface area contributed by atoms with Gasteiger partial charge in [0.05, 0.1) is 41.6 Å². The first-order valence-electron chi connectivity index (χ1n) is 10.8. The summed E-state index contributed by atoms with van der Waals surface area (Å²) in [5, 5.41) is 2.90. The lowest BCUT2D eigenvalue weighted by atomic mass is 10.3. The SMILES string of the molecule is CCN(CC)C(=O)CSc1nc2ccc(NC(=O)c3cncc(N4CCOCC4)n3)cc2s1. The minimum atomic E-state index is -0.319. The van der Waals surface area contributed by atoms with Gasteiger partial charge in [0.15, 0.2) is 4.34 Å². The topological polar surface area (TPSA) is 101 Å². The number of carbonyl (C=O) groups excluding carboxylic acids is 2. The van der Waals surface area contributed by atoms with Crippen LogP contribution in [0.1, 0.15) is 24.3 Å². The van der Waals surface area contributed by atoms with E-state index in [2.05, 4.69) is 25.2 Å². The molecule has 1 saturated heterocycles. The van der Waals surface area contributed by atoms with Crippen LogP contribution in [0.15, 0.2) is 34.9 Å². The zero-order valence-electron chi connectivity index (χ0n) is 18.6. The fourth-order valence-corrected chi connectivity index (χ4v) is 5.45. The van der Waals surface area contributed by atoms with E-state index < -0.39 is 0 Å². The van der Waals surface area contributed by atoms with Crippen LogP contribution in [0.5, 0.6) is 0 Å². The van der Waals surface area contributed by atoms with Crippen LogP contribution in [0, 0.1) is 0 Å². The Morgan fingerprint density at radius 3 is 2.73 bits per heavy atom. The standard InChI is InChI=1S/C22H26N6O3S2/c1-3-27(4-2)20(29)14-32-22-26-16-6-5-15(11-18(16)33-22)24-21(30)17-12-23-13-19(25-17)28-7-9-31-10-8-28/h5-6,11-13H,3-4,7-10,14H2,1-2H3,(H,24,30). The van der Waals surface area contributed by atoms with E-state index >= 15 is 0 Å². The molecule has 0 unspecified atom stereocenters. The summed E-state index contributed by atoms with van der Waals surface area (Å²) in [6.45, 7) is 8.09. The van der Waals surface area contributed by atoms with Crippen molar-refractivity contribution in [3.63, 3.8) is 0 Å². The van der Waals surface area contributed by atoms with E-state index in [1.807, 2.05) is 36.9 Å². The van der Waals surface area contributed by atoms with Crippen molar-refractivity contribution in [1.29, 1.82) is 0 Å². The van der Waals surface area contributed by atoms with E-state index in [4.69, 9.17) is 4.74 Å². The molecule has 0 bridgehead atoms. The van der Waals surface area contributed by atoms with Gasteiger partial charge in [0.1, 0.15) is 11.5 Å². The molecule has 174 valence electrons. The van der Waals surface area contributed by atoms with Gasteiger partial charge in [-0.1, -0.05) is 11.8 Å². The molecule has 1 aromatic carbocycles. The van der Waals surface area contributed by atoms with Crippen LogP contribution in [0.4, 0.5) is 11.5 Å². The second-order valence-corrected chi connectivity index (χ2v) is 9.59. The molecule has 0 spiro atoms. The lowest BCUT2D eigenvalue weighted by Gasteiger charge is -2.27. The van der Waals surface area contributed by atoms with Crippen LogP contribution >= 0.6 is 23.1 Å². The number of carbonyl (C=O) groups is 2. The van der Waals surface area contributed by atoms with E-state index in [1.54, 1.807) is 6.20 Å². The maximum atomic E-state index is 12.8. The first-order valence-corrected chi connectivity index (χ1v) is 12.6. The number of thiazole rings is 1. The van der Waals surface area contributed by atoms with Crippen LogP contribution in [-0.4, -0.2) is 76.8 Å². The van der Waals surface area contributed by atoms with Gasteiger partial charge in [-0.05, 0) is 32.0 Å². The first kappa shape index (κ1) is 23.4. The molecule has 0 aliphatic carbocycles. The largest absolute Gasteiger partial charge is 0.378 e. The van der Waals surface area contributed by atoms with Gasteiger partial charge in [0.25, 0.3) is 5.91 Å². The Morgan fingerprint density at radius 1 is 1.18 bits per heavy atom. The zero-order chi connectivity index (χ0) is 23.2. The van der Waals surface area contributed by atoms with Crippen LogP contribution < -0.4 is 10.2 Å². The molecule has 0 atom stereocenters. The highest BCUT2D eigenvalue weighted by atomic mass is 32.2. The Kier molecular flexibility index (Phi) is 7.73. The molecule has 1 N–H and O–H groups in total. The molecule has 4 rings (SSSR count). The molecule has 2 amide bonds. The van der Waals surface area contributed by atoms with Crippen molar-refractivity contribution in [1.82, 2.24) is 19.9 Å². The highest BCUT2D eigenvalue weighted by molar-refractivity contribution is 8.01. The predicted molar refractivity (Wildman–Crippen MR) is 131 cm³/mol. The molecule has 0 radical (unpaired) electrons. The van der Waals surface area contributed by atoms with E-state index in [0.29, 0.717) is 43.6 Å². The van der Waals surface area contributed by atoms with E-state index in [1.165, 1.54) is 29.3 Å². The number of nitrogens with zero attached hydrogens (tertiary/aromatic N) is 5. The number of ether oxygens (including phenoxy) is 1. The first-order chi connectivity index (χ1) is 16.1. The van der Waals surface area contributed by atoms with Crippen molar-refractivity contribution >= 4 is 56.6 Å². The molecule has 33 heavy (non-hydrogen) atoms. The molecule has 1 aliphatic rings. The van der Waals surface area contributed by atoms with Crippen molar-refractivity contribution < 1.29 is 14.3 Å². The van der Waals surface area contributed by atoms with Crippen LogP contribution in [-0.2, 0) is 9.53 Å². The summed E-state index contributed by atoms with van der Waals surface area (Å²) in [5.74, 6) is 0.826. The molecular weight excluding hydrogens is 460 g/mol. The lowest BCUT2D eigenvalue weighted by molar-refractivity contribution is -0.127. The minimum Gasteiger partial charge on any atom is -0.378 e. The normalized spacial score (nSPS) is 13.8. The van der Waals surface area contributed by atoms with Gasteiger partial charge in [-0.15, -0.1) is 11.3 Å². The third-order valence-electron chi connectivity index (χ3n) is 5.25. The van der Waals surface area contributed by atoms with Crippen molar-refractivity contribution in [3.05, 3.63) is 36.3 Å². The average molecular weight is 487 g/mol. The summed E-state index contributed by atoms with van der Waals surface area (Å²) in [4.78, 5) is 42.1. The third-order valence-corrected chi connectivity index (χ3v) is 7.40. The van der Waals surface area contributed by atoms with Crippen molar-refractivity contribution in [3.8, 4) is 0 Å². The Labute approximate surface area is 200 Å². The minimum absolute atomic E-state index is 0.109. The number of hydrogen-bond acceptors (Lipinski definition) is 9. The van der Waals surface area contributed by atoms with Gasteiger partial charge < -0.3 is 19.9 Å². The molecular formula is C22H26N6O3S2. The molecule has 11 heteroatoms. The summed E-state index contributed by atoms with van der Waals surface area (Å²) < 4.78 is 7.14. The summed E-state index contributed by atoms with van der Waals surface area (Å²) in [6.07, 6.45) is 3.13. The molecule has 1 fully saturated rings. The van der Waals surface area contributed by atoms with Crippen LogP contribution in [0.2, 0.25) is 0 Å². The lowest BCUT2D eigenvalue weighted by Crippen LogP contribution is -2.37. The fraction of sp³-hybridized carbons (Fsp3) is 0.409. The van der Waals surface area contributed by atoms with Crippen molar-refractivity contribution in [2.24, 2.45) is 0 Å². The Hall–Kier alpha value is -2.76. The average Bonchev–Trinajstić information content (AvgIpc) is 3.26. The van der Waals surface area contributed by atoms with Crippen molar-refractivity contribution in [2.45, 2.75) is 18.2 Å². The number of anilines is 2. The second-order valence-electron chi connectivity index (χ2n) is 7.33. The van der Waals surface area contributed by atoms with E-state index in [9.17, 15) is 9.59 Å². The Morgan fingerprint density at radius 2 is 1.97 bits per heavy atom. The Bertz CT molecular complexity index is 1130. The zero-order valence-corrected chi connectivity index (χ0v) is 20.2. The van der Waals surface area contributed by atoms with Gasteiger partial charge in [0, 0.05) is 31.9 Å². The maximum absolute atomic E-state index is 12.8. The van der Waals surface area contributed by atoms with Crippen LogP contribution in [0.3, 0.4) is 0 Å². The Balaban J connectivity index is 1.41. The van der Waals surface area contributed by atoms with Gasteiger partial charge >= 0.3 is 0 Å².